The van der Waals surface area contributed by atoms with E-state index >= 15 is 0 Å². The number of unbranched alkanes of at least 4 members (excludes halogenated alkanes) is 1. The Bertz CT molecular complexity index is 466. The highest BCUT2D eigenvalue weighted by molar-refractivity contribution is 6.32. The molecule has 0 atom stereocenters. The van der Waals surface area contributed by atoms with Gasteiger partial charge in [0.1, 0.15) is 0 Å². The average molecular weight is 250 g/mol. The number of hydrogen-bond donors (Lipinski definition) is 1. The summed E-state index contributed by atoms with van der Waals surface area (Å²) in [5.74, 6) is 0. The molecule has 0 aliphatic rings. The summed E-state index contributed by atoms with van der Waals surface area (Å²) in [6, 6.07) is 7.99. The molecule has 0 bridgehead atoms. The van der Waals surface area contributed by atoms with Crippen LogP contribution in [0.3, 0.4) is 0 Å². The Morgan fingerprint density at radius 2 is 2.18 bits per heavy atom. The molecule has 1 aromatic carbocycles. The average Bonchev–Trinajstić information content (AvgIpc) is 2.83. The van der Waals surface area contributed by atoms with Crippen molar-refractivity contribution in [2.75, 3.05) is 6.54 Å². The zero-order valence-electron chi connectivity index (χ0n) is 9.64. The van der Waals surface area contributed by atoms with Gasteiger partial charge in [-0.15, -0.1) is 0 Å². The third-order valence-corrected chi connectivity index (χ3v) is 2.99. The largest absolute Gasteiger partial charge is 0.330 e. The van der Waals surface area contributed by atoms with E-state index in [9.17, 15) is 0 Å². The van der Waals surface area contributed by atoms with Gasteiger partial charge in [0.05, 0.1) is 10.7 Å². The van der Waals surface area contributed by atoms with E-state index in [2.05, 4.69) is 11.2 Å². The van der Waals surface area contributed by atoms with Gasteiger partial charge >= 0.3 is 0 Å². The van der Waals surface area contributed by atoms with Gasteiger partial charge in [-0.25, -0.2) is 4.68 Å². The molecule has 0 saturated carbocycles. The Balaban J connectivity index is 2.12. The van der Waals surface area contributed by atoms with Crippen LogP contribution in [0.15, 0.2) is 36.7 Å². The first kappa shape index (κ1) is 12.1. The summed E-state index contributed by atoms with van der Waals surface area (Å²) in [6.07, 6.45) is 6.81. The molecule has 0 radical (unpaired) electrons. The maximum Gasteiger partial charge on any atom is 0.0831 e. The summed E-state index contributed by atoms with van der Waals surface area (Å²) in [7, 11) is 0. The number of aromatic nitrogens is 2. The molecule has 4 heteroatoms. The standard InChI is InChI=1S/C13H16ClN3/c14-12-10-11(4-1-2-7-15)5-6-13(12)17-9-3-8-16-17/h3,5-6,8-10H,1-2,4,7,15H2. The maximum absolute atomic E-state index is 6.25. The van der Waals surface area contributed by atoms with Gasteiger partial charge in [0.2, 0.25) is 0 Å². The van der Waals surface area contributed by atoms with Gasteiger partial charge in [0.15, 0.2) is 0 Å². The second-order valence-electron chi connectivity index (χ2n) is 3.98. The number of hydrogen-bond acceptors (Lipinski definition) is 2. The van der Waals surface area contributed by atoms with Crippen molar-refractivity contribution in [3.05, 3.63) is 47.2 Å². The number of nitrogens with two attached hydrogens (primary N) is 1. The van der Waals surface area contributed by atoms with Gasteiger partial charge in [0.25, 0.3) is 0 Å². The Labute approximate surface area is 106 Å². The van der Waals surface area contributed by atoms with Crippen molar-refractivity contribution in [3.63, 3.8) is 0 Å². The van der Waals surface area contributed by atoms with Crippen molar-refractivity contribution >= 4 is 11.6 Å². The fraction of sp³-hybridized carbons (Fsp3) is 0.308. The number of nitrogens with zero attached hydrogens (tertiary/aromatic N) is 2. The molecule has 0 aliphatic carbocycles. The van der Waals surface area contributed by atoms with E-state index < -0.39 is 0 Å². The molecule has 0 aliphatic heterocycles. The Hall–Kier alpha value is -1.32. The molecule has 0 amide bonds. The summed E-state index contributed by atoms with van der Waals surface area (Å²) >= 11 is 6.25. The van der Waals surface area contributed by atoms with Crippen LogP contribution in [-0.4, -0.2) is 16.3 Å². The minimum atomic E-state index is 0.735. The summed E-state index contributed by atoms with van der Waals surface area (Å²) in [5.41, 5.74) is 7.64. The molecule has 1 aromatic heterocycles. The summed E-state index contributed by atoms with van der Waals surface area (Å²) in [5, 5.41) is 4.90. The molecule has 2 rings (SSSR count). The lowest BCUT2D eigenvalue weighted by Gasteiger charge is -2.07. The fourth-order valence-corrected chi connectivity index (χ4v) is 2.07. The topological polar surface area (TPSA) is 43.8 Å². The molecule has 0 fully saturated rings. The molecule has 17 heavy (non-hydrogen) atoms. The van der Waals surface area contributed by atoms with E-state index in [4.69, 9.17) is 17.3 Å². The first-order chi connectivity index (χ1) is 8.31. The summed E-state index contributed by atoms with van der Waals surface area (Å²) in [4.78, 5) is 0. The molecule has 3 nitrogen and oxygen atoms in total. The molecular formula is C13H16ClN3. The Kier molecular flexibility index (Phi) is 4.18. The molecule has 2 N–H and O–H groups in total. The van der Waals surface area contributed by atoms with Crippen LogP contribution in [0.4, 0.5) is 0 Å². The maximum atomic E-state index is 6.25. The van der Waals surface area contributed by atoms with Crippen molar-refractivity contribution in [2.24, 2.45) is 5.73 Å². The van der Waals surface area contributed by atoms with Gasteiger partial charge in [-0.3, -0.25) is 0 Å². The highest BCUT2D eigenvalue weighted by atomic mass is 35.5. The highest BCUT2D eigenvalue weighted by Gasteiger charge is 2.04. The molecular weight excluding hydrogens is 234 g/mol. The van der Waals surface area contributed by atoms with Crippen molar-refractivity contribution in [1.82, 2.24) is 9.78 Å². The molecule has 1 heterocycles. The zero-order chi connectivity index (χ0) is 12.1. The molecule has 0 unspecified atom stereocenters. The number of aryl methyl sites for hydroxylation is 1. The van der Waals surface area contributed by atoms with Crippen LogP contribution in [0.5, 0.6) is 0 Å². The highest BCUT2D eigenvalue weighted by Crippen LogP contribution is 2.22. The van der Waals surface area contributed by atoms with Crippen LogP contribution in [0.1, 0.15) is 18.4 Å². The number of halogens is 1. The van der Waals surface area contributed by atoms with Gasteiger partial charge in [-0.1, -0.05) is 17.7 Å². The predicted octanol–water partition coefficient (Wildman–Crippen LogP) is 2.81. The minimum Gasteiger partial charge on any atom is -0.330 e. The smallest absolute Gasteiger partial charge is 0.0831 e. The van der Waals surface area contributed by atoms with E-state index in [1.165, 1.54) is 5.56 Å². The number of benzene rings is 1. The quantitative estimate of drug-likeness (QED) is 0.829. The normalized spacial score (nSPS) is 10.7. The van der Waals surface area contributed by atoms with Gasteiger partial charge in [0, 0.05) is 12.4 Å². The Morgan fingerprint density at radius 1 is 1.29 bits per heavy atom. The lowest BCUT2D eigenvalue weighted by Crippen LogP contribution is -2.00. The van der Waals surface area contributed by atoms with Crippen molar-refractivity contribution in [3.8, 4) is 5.69 Å². The lowest BCUT2D eigenvalue weighted by atomic mass is 10.1. The second kappa shape index (κ2) is 5.84. The van der Waals surface area contributed by atoms with E-state index in [1.807, 2.05) is 24.4 Å². The number of rotatable bonds is 5. The third-order valence-electron chi connectivity index (χ3n) is 2.68. The van der Waals surface area contributed by atoms with E-state index in [-0.39, 0.29) is 0 Å². The van der Waals surface area contributed by atoms with E-state index in [1.54, 1.807) is 10.9 Å². The first-order valence-electron chi connectivity index (χ1n) is 5.80. The molecule has 2 aromatic rings. The molecule has 90 valence electrons. The van der Waals surface area contributed by atoms with Gasteiger partial charge in [-0.05, 0) is 49.6 Å². The minimum absolute atomic E-state index is 0.735. The van der Waals surface area contributed by atoms with Crippen LogP contribution in [0, 0.1) is 0 Å². The van der Waals surface area contributed by atoms with E-state index in [0.717, 1.165) is 36.5 Å². The van der Waals surface area contributed by atoms with Crippen LogP contribution < -0.4 is 5.73 Å². The van der Waals surface area contributed by atoms with Crippen LogP contribution in [0.25, 0.3) is 5.69 Å². The fourth-order valence-electron chi connectivity index (χ4n) is 1.78. The lowest BCUT2D eigenvalue weighted by molar-refractivity contribution is 0.744. The van der Waals surface area contributed by atoms with Crippen molar-refractivity contribution in [2.45, 2.75) is 19.3 Å². The van der Waals surface area contributed by atoms with Gasteiger partial charge < -0.3 is 5.73 Å². The van der Waals surface area contributed by atoms with Crippen molar-refractivity contribution < 1.29 is 0 Å². The van der Waals surface area contributed by atoms with Gasteiger partial charge in [-0.2, -0.15) is 5.10 Å². The van der Waals surface area contributed by atoms with E-state index in [0.29, 0.717) is 0 Å². The molecule has 0 spiro atoms. The Morgan fingerprint density at radius 3 is 2.82 bits per heavy atom. The summed E-state index contributed by atoms with van der Waals surface area (Å²) < 4.78 is 1.77. The molecule has 0 saturated heterocycles. The first-order valence-corrected chi connectivity index (χ1v) is 6.17. The SMILES string of the molecule is NCCCCc1ccc(-n2cccn2)c(Cl)c1. The summed E-state index contributed by atoms with van der Waals surface area (Å²) in [6.45, 7) is 0.749. The van der Waals surface area contributed by atoms with Crippen molar-refractivity contribution in [1.29, 1.82) is 0 Å². The van der Waals surface area contributed by atoms with Crippen LogP contribution >= 0.6 is 11.6 Å². The monoisotopic (exact) mass is 249 g/mol. The zero-order valence-corrected chi connectivity index (χ0v) is 10.4. The van der Waals surface area contributed by atoms with Crippen LogP contribution in [0.2, 0.25) is 5.02 Å². The third kappa shape index (κ3) is 3.08. The second-order valence-corrected chi connectivity index (χ2v) is 4.39. The predicted molar refractivity (Wildman–Crippen MR) is 70.6 cm³/mol. The van der Waals surface area contributed by atoms with Crippen LogP contribution in [-0.2, 0) is 6.42 Å².